The molecule has 0 aliphatic carbocycles. The molecule has 2 aromatic rings. The van der Waals surface area contributed by atoms with E-state index in [1.807, 2.05) is 0 Å². The molecule has 1 aromatic carbocycles. The number of anilines is 1. The molecule has 12 heteroatoms. The van der Waals surface area contributed by atoms with E-state index in [-0.39, 0.29) is 43.2 Å². The van der Waals surface area contributed by atoms with Gasteiger partial charge in [0.15, 0.2) is 0 Å². The highest BCUT2D eigenvalue weighted by Gasteiger charge is 2.37. The highest BCUT2D eigenvalue weighted by Crippen LogP contribution is 2.16. The van der Waals surface area contributed by atoms with Crippen LogP contribution in [-0.4, -0.2) is 79.5 Å². The number of urea groups is 1. The van der Waals surface area contributed by atoms with Crippen LogP contribution >= 0.6 is 0 Å². The smallest absolute Gasteiger partial charge is 0.405 e. The first-order valence-corrected chi connectivity index (χ1v) is 11.4. The molecule has 3 N–H and O–H groups in total. The minimum absolute atomic E-state index is 0.0445. The third-order valence-electron chi connectivity index (χ3n) is 5.84. The fourth-order valence-electron chi connectivity index (χ4n) is 4.07. The van der Waals surface area contributed by atoms with Crippen molar-refractivity contribution in [2.24, 2.45) is 0 Å². The number of carbonyl (C=O) groups is 4. The molecule has 1 fully saturated rings. The Morgan fingerprint density at radius 2 is 1.78 bits per heavy atom. The monoisotopic (exact) mass is 498 g/mol. The lowest BCUT2D eigenvalue weighted by Gasteiger charge is -2.42. The number of Topliss-reactive ketones (excluding diaryl/α,β-unsaturated/α-hetero) is 1. The summed E-state index contributed by atoms with van der Waals surface area (Å²) >= 11 is 0. The summed E-state index contributed by atoms with van der Waals surface area (Å²) in [5.41, 5.74) is -0.456. The van der Waals surface area contributed by atoms with E-state index in [1.165, 1.54) is 47.4 Å². The van der Waals surface area contributed by atoms with Crippen LogP contribution in [0.1, 0.15) is 33.3 Å². The van der Waals surface area contributed by atoms with Gasteiger partial charge in [0.1, 0.15) is 17.1 Å². The molecule has 1 unspecified atom stereocenters. The molecule has 12 nitrogen and oxygen atoms in total. The predicted octanol–water partition coefficient (Wildman–Crippen LogP) is 1.47. The molecular formula is C24H30N6O6. The number of benzene rings is 1. The Hall–Kier alpha value is -4.22. The SMILES string of the molecule is CC(=O)Cc1ccc(-n2ccc(NC(=O)N3CCN(C(=O)C(C)(C)NC(=O)O)CC3C)nc2=O)cc1. The van der Waals surface area contributed by atoms with E-state index in [9.17, 15) is 24.0 Å². The second kappa shape index (κ2) is 10.6. The van der Waals surface area contributed by atoms with Crippen molar-refractivity contribution in [3.8, 4) is 5.69 Å². The molecule has 0 spiro atoms. The number of amides is 4. The summed E-state index contributed by atoms with van der Waals surface area (Å²) in [6.45, 7) is 6.95. The van der Waals surface area contributed by atoms with Gasteiger partial charge in [-0.25, -0.2) is 14.4 Å². The van der Waals surface area contributed by atoms with Gasteiger partial charge in [-0.3, -0.25) is 19.5 Å². The summed E-state index contributed by atoms with van der Waals surface area (Å²) in [7, 11) is 0. The highest BCUT2D eigenvalue weighted by atomic mass is 16.4. The van der Waals surface area contributed by atoms with Crippen LogP contribution in [0, 0.1) is 0 Å². The molecule has 0 radical (unpaired) electrons. The number of piperazine rings is 1. The largest absolute Gasteiger partial charge is 0.465 e. The van der Waals surface area contributed by atoms with Crippen molar-refractivity contribution in [1.82, 2.24) is 24.7 Å². The van der Waals surface area contributed by atoms with Gasteiger partial charge < -0.3 is 20.2 Å². The molecule has 4 amide bonds. The molecule has 1 atom stereocenters. The summed E-state index contributed by atoms with van der Waals surface area (Å²) in [6, 6.07) is 7.67. The fourth-order valence-corrected chi connectivity index (χ4v) is 4.07. The second-order valence-electron chi connectivity index (χ2n) is 9.29. The summed E-state index contributed by atoms with van der Waals surface area (Å²) < 4.78 is 1.33. The fraction of sp³-hybridized carbons (Fsp3) is 0.417. The molecule has 1 aliphatic rings. The lowest BCUT2D eigenvalue weighted by atomic mass is 10.0. The van der Waals surface area contributed by atoms with Crippen molar-refractivity contribution in [3.63, 3.8) is 0 Å². The number of nitrogens with one attached hydrogen (secondary N) is 2. The molecule has 0 bridgehead atoms. The molecule has 3 rings (SSSR count). The predicted molar refractivity (Wildman–Crippen MR) is 131 cm³/mol. The van der Waals surface area contributed by atoms with Gasteiger partial charge >= 0.3 is 17.8 Å². The van der Waals surface area contributed by atoms with Crippen molar-refractivity contribution in [3.05, 3.63) is 52.6 Å². The average molecular weight is 499 g/mol. The molecule has 192 valence electrons. The Bertz CT molecular complexity index is 1220. The molecule has 1 aliphatic heterocycles. The van der Waals surface area contributed by atoms with Gasteiger partial charge in [0.25, 0.3) is 0 Å². The number of carboxylic acid groups (broad SMARTS) is 1. The van der Waals surface area contributed by atoms with E-state index in [0.29, 0.717) is 12.1 Å². The van der Waals surface area contributed by atoms with Crippen molar-refractivity contribution < 1.29 is 24.3 Å². The van der Waals surface area contributed by atoms with E-state index in [0.717, 1.165) is 5.56 Å². The quantitative estimate of drug-likeness (QED) is 0.545. The Labute approximate surface area is 207 Å². The molecule has 1 saturated heterocycles. The van der Waals surface area contributed by atoms with Gasteiger partial charge in [0, 0.05) is 38.3 Å². The van der Waals surface area contributed by atoms with E-state index in [4.69, 9.17) is 5.11 Å². The van der Waals surface area contributed by atoms with Crippen LogP contribution in [0.3, 0.4) is 0 Å². The minimum atomic E-state index is -1.29. The Morgan fingerprint density at radius 1 is 1.11 bits per heavy atom. The lowest BCUT2D eigenvalue weighted by molar-refractivity contribution is -0.139. The number of hydrogen-bond acceptors (Lipinski definition) is 6. The standard InChI is InChI=1S/C24H30N6O6/c1-15-14-28(20(32)24(3,4)27-23(35)36)11-12-29(15)21(33)25-19-9-10-30(22(34)26-19)18-7-5-17(6-8-18)13-16(2)31/h5-10,15,27H,11-14H2,1-4H3,(H,35,36)(H,25,26,33,34). The first-order chi connectivity index (χ1) is 16.9. The number of carbonyl (C=O) groups excluding carboxylic acids is 3. The molecule has 1 aromatic heterocycles. The topological polar surface area (TPSA) is 154 Å². The summed E-state index contributed by atoms with van der Waals surface area (Å²) in [4.78, 5) is 67.4. The first kappa shape index (κ1) is 26.4. The third-order valence-corrected chi connectivity index (χ3v) is 5.84. The maximum Gasteiger partial charge on any atom is 0.405 e. The van der Waals surface area contributed by atoms with Crippen LogP contribution in [-0.2, 0) is 16.0 Å². The van der Waals surface area contributed by atoms with Crippen LogP contribution in [0.25, 0.3) is 5.69 Å². The third kappa shape index (κ3) is 6.26. The lowest BCUT2D eigenvalue weighted by Crippen LogP contribution is -2.62. The maximum absolute atomic E-state index is 12.8. The van der Waals surface area contributed by atoms with Gasteiger partial charge in [-0.1, -0.05) is 12.1 Å². The summed E-state index contributed by atoms with van der Waals surface area (Å²) in [5, 5.41) is 13.8. The van der Waals surface area contributed by atoms with Crippen molar-refractivity contribution in [2.45, 2.75) is 45.7 Å². The minimum Gasteiger partial charge on any atom is -0.465 e. The van der Waals surface area contributed by atoms with Gasteiger partial charge in [-0.05, 0) is 51.5 Å². The molecule has 0 saturated carbocycles. The Balaban J connectivity index is 1.63. The normalized spacial score (nSPS) is 15.8. The Kier molecular flexibility index (Phi) is 7.76. The summed E-state index contributed by atoms with van der Waals surface area (Å²) in [5.74, 6) is -0.244. The average Bonchev–Trinajstić information content (AvgIpc) is 2.78. The molecule has 36 heavy (non-hydrogen) atoms. The van der Waals surface area contributed by atoms with E-state index in [2.05, 4.69) is 15.6 Å². The van der Waals surface area contributed by atoms with Gasteiger partial charge in [0.05, 0.1) is 5.69 Å². The van der Waals surface area contributed by atoms with Gasteiger partial charge in [-0.15, -0.1) is 0 Å². The van der Waals surface area contributed by atoms with Crippen molar-refractivity contribution >= 4 is 29.6 Å². The zero-order chi connectivity index (χ0) is 26.6. The summed E-state index contributed by atoms with van der Waals surface area (Å²) in [6.07, 6.45) is 0.525. The zero-order valence-electron chi connectivity index (χ0n) is 20.6. The van der Waals surface area contributed by atoms with Crippen LogP contribution in [0.15, 0.2) is 41.3 Å². The van der Waals surface area contributed by atoms with E-state index < -0.39 is 23.4 Å². The number of hydrogen-bond donors (Lipinski definition) is 3. The van der Waals surface area contributed by atoms with E-state index >= 15 is 0 Å². The molecule has 2 heterocycles. The zero-order valence-corrected chi connectivity index (χ0v) is 20.6. The van der Waals surface area contributed by atoms with Gasteiger partial charge in [-0.2, -0.15) is 4.98 Å². The van der Waals surface area contributed by atoms with Crippen LogP contribution < -0.4 is 16.3 Å². The van der Waals surface area contributed by atoms with Crippen LogP contribution in [0.5, 0.6) is 0 Å². The Morgan fingerprint density at radius 3 is 2.33 bits per heavy atom. The van der Waals surface area contributed by atoms with Crippen LogP contribution in [0.4, 0.5) is 15.4 Å². The number of rotatable bonds is 6. The van der Waals surface area contributed by atoms with Gasteiger partial charge in [0.2, 0.25) is 5.91 Å². The second-order valence-corrected chi connectivity index (χ2v) is 9.29. The number of nitrogens with zero attached hydrogens (tertiary/aromatic N) is 4. The van der Waals surface area contributed by atoms with Crippen molar-refractivity contribution in [2.75, 3.05) is 25.0 Å². The van der Waals surface area contributed by atoms with Crippen LogP contribution in [0.2, 0.25) is 0 Å². The number of aromatic nitrogens is 2. The number of ketones is 1. The van der Waals surface area contributed by atoms with E-state index in [1.54, 1.807) is 31.2 Å². The maximum atomic E-state index is 12.8. The molecular weight excluding hydrogens is 468 g/mol. The van der Waals surface area contributed by atoms with Crippen molar-refractivity contribution in [1.29, 1.82) is 0 Å². The highest BCUT2D eigenvalue weighted by molar-refractivity contribution is 5.90. The first-order valence-electron chi connectivity index (χ1n) is 11.4.